The topological polar surface area (TPSA) is 81.4 Å². The minimum atomic E-state index is -0.724. The second-order valence-electron chi connectivity index (χ2n) is 6.94. The molecule has 2 amide bonds. The van der Waals surface area contributed by atoms with E-state index in [-0.39, 0.29) is 5.91 Å². The standard InChI is InChI=1S/C23H24N2O3S/c1-14-9-11-18(12-10-14)28-16(3)22(27)25-23-20(21(24)26)15(2)19(29-23)13-17-7-5-4-6-8-17/h4-12,16H,13H2,1-3H3,(H2,24,26)(H,25,27). The van der Waals surface area contributed by atoms with Gasteiger partial charge in [0.1, 0.15) is 10.8 Å². The third-order valence-corrected chi connectivity index (χ3v) is 5.85. The molecule has 2 aromatic carbocycles. The average Bonchev–Trinajstić information content (AvgIpc) is 2.99. The summed E-state index contributed by atoms with van der Waals surface area (Å²) < 4.78 is 5.71. The fraction of sp³-hybridized carbons (Fsp3) is 0.217. The van der Waals surface area contributed by atoms with Crippen LogP contribution in [0.3, 0.4) is 0 Å². The Kier molecular flexibility index (Phi) is 6.34. The number of rotatable bonds is 7. The van der Waals surface area contributed by atoms with Crippen molar-refractivity contribution >= 4 is 28.2 Å². The van der Waals surface area contributed by atoms with Crippen LogP contribution in [-0.4, -0.2) is 17.9 Å². The van der Waals surface area contributed by atoms with Crippen molar-refractivity contribution in [3.63, 3.8) is 0 Å². The van der Waals surface area contributed by atoms with Crippen LogP contribution in [0.15, 0.2) is 54.6 Å². The van der Waals surface area contributed by atoms with Crippen LogP contribution in [0, 0.1) is 13.8 Å². The molecule has 0 spiro atoms. The van der Waals surface area contributed by atoms with Crippen LogP contribution < -0.4 is 15.8 Å². The lowest BCUT2D eigenvalue weighted by Gasteiger charge is -2.14. The highest BCUT2D eigenvalue weighted by molar-refractivity contribution is 7.17. The number of primary amides is 1. The Morgan fingerprint density at radius 2 is 1.72 bits per heavy atom. The van der Waals surface area contributed by atoms with E-state index in [1.807, 2.05) is 68.4 Å². The van der Waals surface area contributed by atoms with Crippen molar-refractivity contribution in [2.45, 2.75) is 33.3 Å². The molecule has 0 aliphatic rings. The van der Waals surface area contributed by atoms with Crippen molar-refractivity contribution in [3.8, 4) is 5.75 Å². The Bertz CT molecular complexity index is 1010. The maximum atomic E-state index is 12.7. The molecule has 0 saturated heterocycles. The summed E-state index contributed by atoms with van der Waals surface area (Å²) in [4.78, 5) is 25.7. The van der Waals surface area contributed by atoms with Crippen molar-refractivity contribution in [1.82, 2.24) is 0 Å². The van der Waals surface area contributed by atoms with Gasteiger partial charge in [-0.1, -0.05) is 48.0 Å². The van der Waals surface area contributed by atoms with Crippen LogP contribution in [0.4, 0.5) is 5.00 Å². The van der Waals surface area contributed by atoms with Crippen LogP contribution >= 0.6 is 11.3 Å². The van der Waals surface area contributed by atoms with E-state index in [0.717, 1.165) is 21.6 Å². The zero-order chi connectivity index (χ0) is 21.0. The zero-order valence-corrected chi connectivity index (χ0v) is 17.5. The highest BCUT2D eigenvalue weighted by atomic mass is 32.1. The SMILES string of the molecule is Cc1ccc(OC(C)C(=O)Nc2sc(Cc3ccccc3)c(C)c2C(N)=O)cc1. The first-order valence-electron chi connectivity index (χ1n) is 9.35. The van der Waals surface area contributed by atoms with E-state index in [9.17, 15) is 9.59 Å². The Labute approximate surface area is 174 Å². The molecule has 0 radical (unpaired) electrons. The molecule has 0 aliphatic carbocycles. The number of hydrogen-bond donors (Lipinski definition) is 2. The van der Waals surface area contributed by atoms with Crippen molar-refractivity contribution in [2.24, 2.45) is 5.73 Å². The van der Waals surface area contributed by atoms with E-state index in [1.54, 1.807) is 6.92 Å². The van der Waals surface area contributed by atoms with E-state index in [4.69, 9.17) is 10.5 Å². The normalized spacial score (nSPS) is 11.7. The van der Waals surface area contributed by atoms with Crippen molar-refractivity contribution in [2.75, 3.05) is 5.32 Å². The summed E-state index contributed by atoms with van der Waals surface area (Å²) in [5, 5.41) is 3.29. The van der Waals surface area contributed by atoms with Gasteiger partial charge in [-0.3, -0.25) is 9.59 Å². The molecule has 3 N–H and O–H groups in total. The predicted molar refractivity (Wildman–Crippen MR) is 117 cm³/mol. The molecule has 1 unspecified atom stereocenters. The van der Waals surface area contributed by atoms with Crippen LogP contribution in [0.5, 0.6) is 5.75 Å². The van der Waals surface area contributed by atoms with Crippen LogP contribution in [-0.2, 0) is 11.2 Å². The summed E-state index contributed by atoms with van der Waals surface area (Å²) in [6, 6.07) is 17.4. The van der Waals surface area contributed by atoms with Crippen molar-refractivity contribution < 1.29 is 14.3 Å². The molecule has 0 saturated carbocycles. The molecule has 3 aromatic rings. The minimum Gasteiger partial charge on any atom is -0.481 e. The largest absolute Gasteiger partial charge is 0.481 e. The van der Waals surface area contributed by atoms with Crippen LogP contribution in [0.2, 0.25) is 0 Å². The quantitative estimate of drug-likeness (QED) is 0.606. The summed E-state index contributed by atoms with van der Waals surface area (Å²) in [6.45, 7) is 5.51. The smallest absolute Gasteiger partial charge is 0.265 e. The van der Waals surface area contributed by atoms with Gasteiger partial charge in [0, 0.05) is 11.3 Å². The summed E-state index contributed by atoms with van der Waals surface area (Å²) in [6.07, 6.45) is -0.0541. The van der Waals surface area contributed by atoms with E-state index in [2.05, 4.69) is 5.32 Å². The number of ether oxygens (including phenoxy) is 1. The van der Waals surface area contributed by atoms with E-state index in [1.165, 1.54) is 11.3 Å². The Morgan fingerprint density at radius 3 is 2.34 bits per heavy atom. The van der Waals surface area contributed by atoms with E-state index >= 15 is 0 Å². The van der Waals surface area contributed by atoms with Gasteiger partial charge in [-0.05, 0) is 44.0 Å². The first-order chi connectivity index (χ1) is 13.8. The number of aryl methyl sites for hydroxylation is 1. The zero-order valence-electron chi connectivity index (χ0n) is 16.7. The highest BCUT2D eigenvalue weighted by Crippen LogP contribution is 2.34. The number of amides is 2. The van der Waals surface area contributed by atoms with Crippen LogP contribution in [0.25, 0.3) is 0 Å². The first-order valence-corrected chi connectivity index (χ1v) is 10.2. The number of anilines is 1. The molecular weight excluding hydrogens is 384 g/mol. The lowest BCUT2D eigenvalue weighted by atomic mass is 10.1. The van der Waals surface area contributed by atoms with Crippen molar-refractivity contribution in [1.29, 1.82) is 0 Å². The number of nitrogens with two attached hydrogens (primary N) is 1. The molecule has 6 heteroatoms. The van der Waals surface area contributed by atoms with Gasteiger partial charge in [0.25, 0.3) is 11.8 Å². The third kappa shape index (κ3) is 5.03. The van der Waals surface area contributed by atoms with E-state index in [0.29, 0.717) is 22.7 Å². The lowest BCUT2D eigenvalue weighted by Crippen LogP contribution is -2.30. The van der Waals surface area contributed by atoms with Crippen LogP contribution in [0.1, 0.15) is 38.8 Å². The van der Waals surface area contributed by atoms with Gasteiger partial charge in [-0.15, -0.1) is 11.3 Å². The summed E-state index contributed by atoms with van der Waals surface area (Å²) >= 11 is 1.37. The van der Waals surface area contributed by atoms with E-state index < -0.39 is 12.0 Å². The molecule has 0 bridgehead atoms. The van der Waals surface area contributed by atoms with Crippen molar-refractivity contribution in [3.05, 3.63) is 81.7 Å². The molecule has 1 aromatic heterocycles. The molecule has 29 heavy (non-hydrogen) atoms. The molecule has 3 rings (SSSR count). The molecule has 0 fully saturated rings. The van der Waals surface area contributed by atoms with Gasteiger partial charge in [-0.2, -0.15) is 0 Å². The second-order valence-corrected chi connectivity index (χ2v) is 8.05. The number of benzene rings is 2. The lowest BCUT2D eigenvalue weighted by molar-refractivity contribution is -0.122. The molecule has 0 aliphatic heterocycles. The Balaban J connectivity index is 1.78. The molecule has 150 valence electrons. The monoisotopic (exact) mass is 408 g/mol. The summed E-state index contributed by atoms with van der Waals surface area (Å²) in [5.74, 6) is -0.276. The Hall–Kier alpha value is -3.12. The highest BCUT2D eigenvalue weighted by Gasteiger charge is 2.23. The minimum absolute atomic E-state index is 0.333. The number of nitrogens with one attached hydrogen (secondary N) is 1. The summed E-state index contributed by atoms with van der Waals surface area (Å²) in [5.41, 5.74) is 8.99. The van der Waals surface area contributed by atoms with Gasteiger partial charge in [0.15, 0.2) is 6.10 Å². The van der Waals surface area contributed by atoms with Gasteiger partial charge in [0.2, 0.25) is 0 Å². The molecule has 1 atom stereocenters. The molecular formula is C23H24N2O3S. The fourth-order valence-electron chi connectivity index (χ4n) is 2.98. The first kappa shape index (κ1) is 20.6. The Morgan fingerprint density at radius 1 is 1.07 bits per heavy atom. The molecule has 1 heterocycles. The van der Waals surface area contributed by atoms with Gasteiger partial charge < -0.3 is 15.8 Å². The predicted octanol–water partition coefficient (Wildman–Crippen LogP) is 4.46. The number of thiophene rings is 1. The average molecular weight is 409 g/mol. The third-order valence-electron chi connectivity index (χ3n) is 4.64. The fourth-order valence-corrected chi connectivity index (χ4v) is 4.23. The number of hydrogen-bond acceptors (Lipinski definition) is 4. The van der Waals surface area contributed by atoms with Gasteiger partial charge in [-0.25, -0.2) is 0 Å². The van der Waals surface area contributed by atoms with Gasteiger partial charge in [0.05, 0.1) is 5.56 Å². The summed E-state index contributed by atoms with van der Waals surface area (Å²) in [7, 11) is 0. The molecule has 5 nitrogen and oxygen atoms in total. The second kappa shape index (κ2) is 8.92. The maximum absolute atomic E-state index is 12.7. The van der Waals surface area contributed by atoms with Gasteiger partial charge >= 0.3 is 0 Å². The number of carbonyl (C=O) groups is 2. The number of carbonyl (C=O) groups excluding carboxylic acids is 2. The maximum Gasteiger partial charge on any atom is 0.265 e.